The van der Waals surface area contributed by atoms with E-state index in [1.165, 1.54) is 12.1 Å². The van der Waals surface area contributed by atoms with E-state index in [2.05, 4.69) is 10.6 Å². The second-order valence-electron chi connectivity index (χ2n) is 6.42. The number of urea groups is 1. The first kappa shape index (κ1) is 17.9. The Hall–Kier alpha value is -3.48. The van der Waals surface area contributed by atoms with Crippen LogP contribution in [0.15, 0.2) is 60.8 Å². The lowest BCUT2D eigenvalue weighted by Gasteiger charge is -2.19. The number of nitrogens with one attached hydrogen (secondary N) is 2. The average molecular weight is 381 g/mol. The van der Waals surface area contributed by atoms with Gasteiger partial charge in [0.2, 0.25) is 0 Å². The van der Waals surface area contributed by atoms with Gasteiger partial charge in [0.05, 0.1) is 6.54 Å². The molecule has 2 heterocycles. The summed E-state index contributed by atoms with van der Waals surface area (Å²) in [7, 11) is 0. The minimum absolute atomic E-state index is 0.261. The molecular formula is C21H20FN3O3. The van der Waals surface area contributed by atoms with Gasteiger partial charge < -0.3 is 24.7 Å². The van der Waals surface area contributed by atoms with E-state index in [-0.39, 0.29) is 11.8 Å². The van der Waals surface area contributed by atoms with Crippen molar-refractivity contribution in [2.75, 3.05) is 18.5 Å². The topological polar surface area (TPSA) is 64.5 Å². The maximum atomic E-state index is 13.4. The van der Waals surface area contributed by atoms with Crippen LogP contribution in [0.1, 0.15) is 11.3 Å². The highest BCUT2D eigenvalue weighted by Gasteiger charge is 2.13. The van der Waals surface area contributed by atoms with Crippen LogP contribution in [0.2, 0.25) is 0 Å². The Balaban J connectivity index is 1.35. The second kappa shape index (κ2) is 8.04. The van der Waals surface area contributed by atoms with E-state index in [1.807, 2.05) is 29.0 Å². The number of amides is 2. The summed E-state index contributed by atoms with van der Waals surface area (Å²) < 4.78 is 26.3. The van der Waals surface area contributed by atoms with Gasteiger partial charge in [-0.05, 0) is 42.0 Å². The summed E-state index contributed by atoms with van der Waals surface area (Å²) in [6, 6.07) is 15.3. The number of carbonyl (C=O) groups excluding carboxylic acids is 1. The van der Waals surface area contributed by atoms with Gasteiger partial charge in [0.25, 0.3) is 0 Å². The van der Waals surface area contributed by atoms with Crippen molar-refractivity contribution in [1.82, 2.24) is 9.88 Å². The molecule has 2 N–H and O–H groups in total. The zero-order valence-corrected chi connectivity index (χ0v) is 15.2. The van der Waals surface area contributed by atoms with Crippen molar-refractivity contribution in [1.29, 1.82) is 0 Å². The molecule has 7 heteroatoms. The van der Waals surface area contributed by atoms with Crippen molar-refractivity contribution < 1.29 is 18.7 Å². The SMILES string of the molecule is O=C(NCc1cccn1Cc1cccc(F)c1)Nc1ccc2c(c1)OCCO2. The fraction of sp³-hybridized carbons (Fsp3) is 0.190. The highest BCUT2D eigenvalue weighted by Crippen LogP contribution is 2.32. The van der Waals surface area contributed by atoms with E-state index >= 15 is 0 Å². The standard InChI is InChI=1S/C21H20FN3O3/c22-16-4-1-3-15(11-16)14-25-8-2-5-18(25)13-23-21(26)24-17-6-7-19-20(12-17)28-10-9-27-19/h1-8,11-12H,9-10,13-14H2,(H2,23,24,26). The Morgan fingerprint density at radius 3 is 2.75 bits per heavy atom. The fourth-order valence-electron chi connectivity index (χ4n) is 3.06. The van der Waals surface area contributed by atoms with Crippen LogP contribution in [-0.2, 0) is 13.1 Å². The largest absolute Gasteiger partial charge is 0.486 e. The summed E-state index contributed by atoms with van der Waals surface area (Å²) in [5.41, 5.74) is 2.40. The first-order chi connectivity index (χ1) is 13.7. The summed E-state index contributed by atoms with van der Waals surface area (Å²) in [5, 5.41) is 5.62. The zero-order valence-electron chi connectivity index (χ0n) is 15.2. The zero-order chi connectivity index (χ0) is 19.3. The molecule has 0 spiro atoms. The van der Waals surface area contributed by atoms with Gasteiger partial charge in [0.1, 0.15) is 19.0 Å². The molecule has 28 heavy (non-hydrogen) atoms. The predicted octanol–water partition coefficient (Wildman–Crippen LogP) is 3.77. The number of nitrogens with zero attached hydrogens (tertiary/aromatic N) is 1. The Kier molecular flexibility index (Phi) is 5.14. The normalized spacial score (nSPS) is 12.5. The molecule has 3 aromatic rings. The van der Waals surface area contributed by atoms with Crippen LogP contribution >= 0.6 is 0 Å². The van der Waals surface area contributed by atoms with Gasteiger partial charge in [0, 0.05) is 30.2 Å². The molecule has 0 radical (unpaired) electrons. The number of hydrogen-bond acceptors (Lipinski definition) is 3. The molecule has 2 aromatic carbocycles. The van der Waals surface area contributed by atoms with Crippen molar-refractivity contribution in [2.24, 2.45) is 0 Å². The molecule has 0 atom stereocenters. The lowest BCUT2D eigenvalue weighted by molar-refractivity contribution is 0.171. The molecule has 0 unspecified atom stereocenters. The number of fused-ring (bicyclic) bond motifs is 1. The van der Waals surface area contributed by atoms with Gasteiger partial charge in [-0.1, -0.05) is 12.1 Å². The van der Waals surface area contributed by atoms with E-state index in [4.69, 9.17) is 9.47 Å². The molecule has 0 saturated heterocycles. The van der Waals surface area contributed by atoms with Crippen LogP contribution in [0.3, 0.4) is 0 Å². The molecule has 1 aliphatic heterocycles. The van der Waals surface area contributed by atoms with Gasteiger partial charge >= 0.3 is 6.03 Å². The van der Waals surface area contributed by atoms with E-state index < -0.39 is 0 Å². The summed E-state index contributed by atoms with van der Waals surface area (Å²) in [5.74, 6) is 1.03. The second-order valence-corrected chi connectivity index (χ2v) is 6.42. The van der Waals surface area contributed by atoms with Crippen LogP contribution < -0.4 is 20.1 Å². The third kappa shape index (κ3) is 4.25. The number of hydrogen-bond donors (Lipinski definition) is 2. The Morgan fingerprint density at radius 2 is 1.89 bits per heavy atom. The van der Waals surface area contributed by atoms with Gasteiger partial charge in [-0.25, -0.2) is 9.18 Å². The number of aromatic nitrogens is 1. The molecule has 0 fully saturated rings. The first-order valence-corrected chi connectivity index (χ1v) is 9.00. The number of anilines is 1. The van der Waals surface area contributed by atoms with Crippen molar-refractivity contribution in [2.45, 2.75) is 13.1 Å². The highest BCUT2D eigenvalue weighted by molar-refractivity contribution is 5.89. The van der Waals surface area contributed by atoms with Gasteiger partial charge in [-0.2, -0.15) is 0 Å². The van der Waals surface area contributed by atoms with Crippen LogP contribution in [0, 0.1) is 5.82 Å². The first-order valence-electron chi connectivity index (χ1n) is 9.00. The molecule has 4 rings (SSSR count). The van der Waals surface area contributed by atoms with Crippen molar-refractivity contribution in [3.8, 4) is 11.5 Å². The molecule has 0 bridgehead atoms. The molecular weight excluding hydrogens is 361 g/mol. The van der Waals surface area contributed by atoms with Crippen molar-refractivity contribution in [3.05, 3.63) is 77.9 Å². The minimum atomic E-state index is -0.324. The number of carbonyl (C=O) groups is 1. The monoisotopic (exact) mass is 381 g/mol. The molecule has 0 aliphatic carbocycles. The number of halogens is 1. The van der Waals surface area contributed by atoms with Crippen LogP contribution in [0.5, 0.6) is 11.5 Å². The maximum Gasteiger partial charge on any atom is 0.319 e. The smallest absolute Gasteiger partial charge is 0.319 e. The predicted molar refractivity (Wildman–Crippen MR) is 103 cm³/mol. The summed E-state index contributed by atoms with van der Waals surface area (Å²) >= 11 is 0. The van der Waals surface area contributed by atoms with Crippen LogP contribution in [0.25, 0.3) is 0 Å². The quantitative estimate of drug-likeness (QED) is 0.707. The number of ether oxygens (including phenoxy) is 2. The fourth-order valence-corrected chi connectivity index (χ4v) is 3.06. The van der Waals surface area contributed by atoms with E-state index in [0.717, 1.165) is 11.3 Å². The summed E-state index contributed by atoms with van der Waals surface area (Å²) in [6.45, 7) is 1.89. The van der Waals surface area contributed by atoms with Crippen molar-refractivity contribution >= 4 is 11.7 Å². The van der Waals surface area contributed by atoms with Gasteiger partial charge in [-0.3, -0.25) is 0 Å². The lowest BCUT2D eigenvalue weighted by Crippen LogP contribution is -2.29. The van der Waals surface area contributed by atoms with E-state index in [9.17, 15) is 9.18 Å². The number of rotatable bonds is 5. The maximum absolute atomic E-state index is 13.4. The van der Waals surface area contributed by atoms with Crippen molar-refractivity contribution in [3.63, 3.8) is 0 Å². The van der Waals surface area contributed by atoms with E-state index in [1.54, 1.807) is 24.3 Å². The lowest BCUT2D eigenvalue weighted by atomic mass is 10.2. The molecule has 144 valence electrons. The Bertz CT molecular complexity index is 987. The molecule has 0 saturated carbocycles. The molecule has 1 aliphatic rings. The third-order valence-corrected chi connectivity index (χ3v) is 4.40. The Labute approximate surface area is 161 Å². The molecule has 2 amide bonds. The van der Waals surface area contributed by atoms with Gasteiger partial charge in [0.15, 0.2) is 11.5 Å². The minimum Gasteiger partial charge on any atom is -0.486 e. The molecule has 6 nitrogen and oxygen atoms in total. The summed E-state index contributed by atoms with van der Waals surface area (Å²) in [4.78, 5) is 12.2. The third-order valence-electron chi connectivity index (χ3n) is 4.40. The van der Waals surface area contributed by atoms with Crippen LogP contribution in [-0.4, -0.2) is 23.8 Å². The highest BCUT2D eigenvalue weighted by atomic mass is 19.1. The summed E-state index contributed by atoms with van der Waals surface area (Å²) in [6.07, 6.45) is 1.90. The van der Waals surface area contributed by atoms with E-state index in [0.29, 0.717) is 43.5 Å². The van der Waals surface area contributed by atoms with Gasteiger partial charge in [-0.15, -0.1) is 0 Å². The van der Waals surface area contributed by atoms with Crippen LogP contribution in [0.4, 0.5) is 14.9 Å². The average Bonchev–Trinajstić information content (AvgIpc) is 3.13. The molecule has 1 aromatic heterocycles. The Morgan fingerprint density at radius 1 is 1.04 bits per heavy atom. The number of benzene rings is 2.